The predicted octanol–water partition coefficient (Wildman–Crippen LogP) is 3.93. The second-order valence-corrected chi connectivity index (χ2v) is 14.0. The van der Waals surface area contributed by atoms with Crippen LogP contribution in [0.1, 0.15) is 57.7 Å². The highest BCUT2D eigenvalue weighted by Crippen LogP contribution is 2.36. The van der Waals surface area contributed by atoms with Crippen molar-refractivity contribution in [3.63, 3.8) is 0 Å². The van der Waals surface area contributed by atoms with Crippen LogP contribution in [0.4, 0.5) is 4.79 Å². The van der Waals surface area contributed by atoms with Crippen LogP contribution in [0.25, 0.3) is 0 Å². The average Bonchev–Trinajstić information content (AvgIpc) is 2.51. The van der Waals surface area contributed by atoms with Gasteiger partial charge < -0.3 is 14.3 Å². The number of ether oxygens (including phenoxy) is 1. The maximum Gasteiger partial charge on any atom is 0.410 e. The first kappa shape index (κ1) is 24.0. The van der Waals surface area contributed by atoms with Crippen molar-refractivity contribution < 1.29 is 23.9 Å². The van der Waals surface area contributed by atoms with Crippen LogP contribution in [0, 0.1) is 0 Å². The number of nitrogens with zero attached hydrogens (tertiary/aromatic N) is 3. The van der Waals surface area contributed by atoms with E-state index in [0.29, 0.717) is 18.8 Å². The number of rotatable bonds is 7. The fourth-order valence-corrected chi connectivity index (χ4v) is 2.97. The third kappa shape index (κ3) is 7.55. The summed E-state index contributed by atoms with van der Waals surface area (Å²) in [6, 6.07) is 0. The van der Waals surface area contributed by atoms with Crippen LogP contribution in [0.15, 0.2) is 12.4 Å². The molecule has 9 heteroatoms. The summed E-state index contributed by atoms with van der Waals surface area (Å²) in [6.07, 6.45) is 2.06. The molecule has 0 aromatic carbocycles. The van der Waals surface area contributed by atoms with E-state index in [-0.39, 0.29) is 17.3 Å². The first-order chi connectivity index (χ1) is 12.6. The number of amides is 1. The van der Waals surface area contributed by atoms with E-state index in [1.54, 1.807) is 20.8 Å². The molecule has 0 saturated heterocycles. The van der Waals surface area contributed by atoms with E-state index in [1.807, 2.05) is 0 Å². The zero-order valence-corrected chi connectivity index (χ0v) is 19.2. The molecule has 1 N–H and O–H groups in total. The van der Waals surface area contributed by atoms with Crippen LogP contribution >= 0.6 is 0 Å². The molecule has 0 radical (unpaired) electrons. The Labute approximate surface area is 168 Å². The van der Waals surface area contributed by atoms with E-state index in [0.717, 1.165) is 0 Å². The number of aromatic nitrogens is 2. The number of hydrogen-bond acceptors (Lipinski definition) is 6. The van der Waals surface area contributed by atoms with Crippen molar-refractivity contribution in [3.05, 3.63) is 23.8 Å². The summed E-state index contributed by atoms with van der Waals surface area (Å²) in [5.41, 5.74) is -0.300. The number of carboxylic acids is 1. The molecule has 1 aromatic heterocycles. The smallest absolute Gasteiger partial charge is 0.410 e. The molecule has 158 valence electrons. The van der Waals surface area contributed by atoms with Gasteiger partial charge in [-0.15, -0.1) is 0 Å². The Morgan fingerprint density at radius 3 is 2.14 bits per heavy atom. The highest BCUT2D eigenvalue weighted by Gasteiger charge is 2.37. The standard InChI is InChI=1S/C19H33N3O5Si/c1-18(2,3)27-17(25)22(9-10-26-28(7,8)19(4,5)6)13-14-11-21-15(12-20-14)16(23)24/h11-12H,9-10,13H2,1-8H3,(H,23,24). The summed E-state index contributed by atoms with van der Waals surface area (Å²) >= 11 is 0. The summed E-state index contributed by atoms with van der Waals surface area (Å²) in [5.74, 6) is -1.15. The molecule has 1 aromatic rings. The van der Waals surface area contributed by atoms with Gasteiger partial charge in [0.25, 0.3) is 0 Å². The molecule has 0 fully saturated rings. The van der Waals surface area contributed by atoms with Gasteiger partial charge in [0, 0.05) is 6.54 Å². The average molecular weight is 412 g/mol. The molecule has 0 aliphatic rings. The molecule has 0 bridgehead atoms. The first-order valence-electron chi connectivity index (χ1n) is 9.28. The quantitative estimate of drug-likeness (QED) is 0.678. The maximum atomic E-state index is 12.6. The first-order valence-corrected chi connectivity index (χ1v) is 12.2. The van der Waals surface area contributed by atoms with Gasteiger partial charge in [-0.2, -0.15) is 0 Å². The van der Waals surface area contributed by atoms with E-state index in [9.17, 15) is 9.59 Å². The van der Waals surface area contributed by atoms with Crippen LogP contribution in [0.2, 0.25) is 18.1 Å². The summed E-state index contributed by atoms with van der Waals surface area (Å²) in [5, 5.41) is 9.00. The Bertz CT molecular complexity index is 678. The van der Waals surface area contributed by atoms with E-state index in [4.69, 9.17) is 14.3 Å². The highest BCUT2D eigenvalue weighted by molar-refractivity contribution is 6.74. The molecule has 1 amide bonds. The van der Waals surface area contributed by atoms with Gasteiger partial charge in [0.1, 0.15) is 5.60 Å². The third-order valence-corrected chi connectivity index (χ3v) is 9.10. The molecule has 0 atom stereocenters. The normalized spacial score (nSPS) is 12.6. The number of carbonyl (C=O) groups excluding carboxylic acids is 1. The second kappa shape index (κ2) is 9.00. The fourth-order valence-electron chi connectivity index (χ4n) is 1.93. The monoisotopic (exact) mass is 411 g/mol. The Kier molecular flexibility index (Phi) is 7.72. The van der Waals surface area contributed by atoms with Crippen molar-refractivity contribution in [2.24, 2.45) is 0 Å². The van der Waals surface area contributed by atoms with Crippen molar-refractivity contribution >= 4 is 20.4 Å². The van der Waals surface area contributed by atoms with Gasteiger partial charge in [0.05, 0.1) is 31.2 Å². The summed E-state index contributed by atoms with van der Waals surface area (Å²) in [6.45, 7) is 17.1. The number of carbonyl (C=O) groups is 2. The van der Waals surface area contributed by atoms with E-state index in [2.05, 4.69) is 43.8 Å². The Morgan fingerprint density at radius 2 is 1.71 bits per heavy atom. The molecule has 0 saturated carbocycles. The van der Waals surface area contributed by atoms with Crippen molar-refractivity contribution in [1.82, 2.24) is 14.9 Å². The number of hydrogen-bond donors (Lipinski definition) is 1. The molecule has 1 rings (SSSR count). The van der Waals surface area contributed by atoms with Gasteiger partial charge in [-0.1, -0.05) is 20.8 Å². The summed E-state index contributed by atoms with van der Waals surface area (Å²) < 4.78 is 11.7. The lowest BCUT2D eigenvalue weighted by Crippen LogP contribution is -2.44. The molecule has 28 heavy (non-hydrogen) atoms. The van der Waals surface area contributed by atoms with Crippen LogP contribution in [0.3, 0.4) is 0 Å². The van der Waals surface area contributed by atoms with Gasteiger partial charge in [-0.05, 0) is 38.9 Å². The highest BCUT2D eigenvalue weighted by atomic mass is 28.4. The maximum absolute atomic E-state index is 12.6. The lowest BCUT2D eigenvalue weighted by molar-refractivity contribution is 0.0202. The van der Waals surface area contributed by atoms with Crippen LogP contribution in [0.5, 0.6) is 0 Å². The zero-order valence-electron chi connectivity index (χ0n) is 18.2. The lowest BCUT2D eigenvalue weighted by Gasteiger charge is -2.37. The minimum atomic E-state index is -1.94. The molecule has 1 heterocycles. The largest absolute Gasteiger partial charge is 0.476 e. The van der Waals surface area contributed by atoms with Crippen LogP contribution in [-0.4, -0.2) is 59.1 Å². The van der Waals surface area contributed by atoms with E-state index in [1.165, 1.54) is 17.3 Å². The lowest BCUT2D eigenvalue weighted by atomic mass is 10.2. The fraction of sp³-hybridized carbons (Fsp3) is 0.684. The Morgan fingerprint density at radius 1 is 1.11 bits per heavy atom. The van der Waals surface area contributed by atoms with Gasteiger partial charge in [0.2, 0.25) is 0 Å². The molecular formula is C19H33N3O5Si. The van der Waals surface area contributed by atoms with Crippen molar-refractivity contribution in [1.29, 1.82) is 0 Å². The molecule has 8 nitrogen and oxygen atoms in total. The topological polar surface area (TPSA) is 102 Å². The minimum absolute atomic E-state index is 0.0713. The second-order valence-electron chi connectivity index (χ2n) is 9.21. The number of aromatic carboxylic acids is 1. The van der Waals surface area contributed by atoms with Crippen LogP contribution in [-0.2, 0) is 15.7 Å². The minimum Gasteiger partial charge on any atom is -0.476 e. The van der Waals surface area contributed by atoms with E-state index >= 15 is 0 Å². The molecule has 0 aliphatic carbocycles. The Balaban J connectivity index is 2.87. The van der Waals surface area contributed by atoms with E-state index < -0.39 is 26.0 Å². The van der Waals surface area contributed by atoms with Crippen molar-refractivity contribution in [3.8, 4) is 0 Å². The summed E-state index contributed by atoms with van der Waals surface area (Å²) in [7, 11) is -1.94. The third-order valence-electron chi connectivity index (χ3n) is 4.56. The van der Waals surface area contributed by atoms with Gasteiger partial charge >= 0.3 is 12.1 Å². The zero-order chi connectivity index (χ0) is 21.8. The van der Waals surface area contributed by atoms with Crippen molar-refractivity contribution in [2.75, 3.05) is 13.2 Å². The van der Waals surface area contributed by atoms with Gasteiger partial charge in [-0.3, -0.25) is 9.88 Å². The predicted molar refractivity (Wildman–Crippen MR) is 109 cm³/mol. The summed E-state index contributed by atoms with van der Waals surface area (Å²) in [4.78, 5) is 33.0. The SMILES string of the molecule is CC(C)(C)OC(=O)N(CCO[Si](C)(C)C(C)(C)C)Cc1cnc(C(=O)O)cn1. The number of carboxylic acid groups (broad SMARTS) is 1. The molecular weight excluding hydrogens is 378 g/mol. The Hall–Kier alpha value is -2.00. The van der Waals surface area contributed by atoms with Crippen LogP contribution < -0.4 is 0 Å². The molecule has 0 spiro atoms. The molecule has 0 unspecified atom stereocenters. The van der Waals surface area contributed by atoms with Gasteiger partial charge in [-0.25, -0.2) is 14.6 Å². The van der Waals surface area contributed by atoms with Gasteiger partial charge in [0.15, 0.2) is 14.0 Å². The van der Waals surface area contributed by atoms with Crippen molar-refractivity contribution in [2.45, 2.75) is 71.8 Å². The molecule has 0 aliphatic heterocycles.